The van der Waals surface area contributed by atoms with Gasteiger partial charge in [-0.2, -0.15) is 0 Å². The monoisotopic (exact) mass is 383 g/mol. The summed E-state index contributed by atoms with van der Waals surface area (Å²) in [4.78, 5) is 36.7. The van der Waals surface area contributed by atoms with Crippen LogP contribution < -0.4 is 14.8 Å². The van der Waals surface area contributed by atoms with Crippen LogP contribution in [0.2, 0.25) is 0 Å². The second-order valence-corrected chi connectivity index (χ2v) is 6.94. The number of benzene rings is 2. The second kappa shape index (κ2) is 6.52. The van der Waals surface area contributed by atoms with Gasteiger partial charge in [0.1, 0.15) is 5.54 Å². The number of carbonyl (C=O) groups excluding carboxylic acids is 2. The Morgan fingerprint density at radius 3 is 2.50 bits per heavy atom. The first-order chi connectivity index (χ1) is 13.4. The number of hydrogen-bond donors (Lipinski definition) is 1. The van der Waals surface area contributed by atoms with E-state index < -0.39 is 16.5 Å². The van der Waals surface area contributed by atoms with E-state index in [2.05, 4.69) is 5.32 Å². The van der Waals surface area contributed by atoms with Crippen molar-refractivity contribution in [3.05, 3.63) is 63.7 Å². The number of hydrogen-bond acceptors (Lipinski definition) is 6. The number of nitro benzene ring substituents is 1. The highest BCUT2D eigenvalue weighted by Gasteiger charge is 2.47. The number of fused-ring (bicyclic) bond motifs is 1. The molecule has 1 fully saturated rings. The summed E-state index contributed by atoms with van der Waals surface area (Å²) in [7, 11) is 0. The van der Waals surface area contributed by atoms with Gasteiger partial charge < -0.3 is 14.8 Å². The Labute approximate surface area is 160 Å². The first-order valence-electron chi connectivity index (χ1n) is 8.62. The average molecular weight is 383 g/mol. The molecule has 4 rings (SSSR count). The van der Waals surface area contributed by atoms with Gasteiger partial charge in [-0.25, -0.2) is 4.79 Å². The molecule has 9 heteroatoms. The third-order valence-corrected chi connectivity index (χ3v) is 4.83. The maximum absolute atomic E-state index is 12.9. The van der Waals surface area contributed by atoms with Crippen molar-refractivity contribution >= 4 is 17.6 Å². The molecule has 1 N–H and O–H groups in total. The van der Waals surface area contributed by atoms with E-state index in [0.717, 1.165) is 10.5 Å². The lowest BCUT2D eigenvalue weighted by atomic mass is 9.92. The van der Waals surface area contributed by atoms with Gasteiger partial charge in [0.2, 0.25) is 6.79 Å². The van der Waals surface area contributed by atoms with Crippen molar-refractivity contribution in [1.29, 1.82) is 0 Å². The van der Waals surface area contributed by atoms with Crippen LogP contribution in [-0.2, 0) is 17.8 Å². The van der Waals surface area contributed by atoms with Gasteiger partial charge in [0.15, 0.2) is 11.5 Å². The molecule has 9 nitrogen and oxygen atoms in total. The fraction of sp³-hybridized carbons (Fsp3) is 0.263. The van der Waals surface area contributed by atoms with E-state index in [0.29, 0.717) is 23.5 Å². The number of amides is 3. The molecule has 0 saturated carbocycles. The van der Waals surface area contributed by atoms with Crippen LogP contribution in [0.3, 0.4) is 0 Å². The summed E-state index contributed by atoms with van der Waals surface area (Å²) in [6.07, 6.45) is 0.297. The minimum atomic E-state index is -1.09. The molecule has 2 aromatic carbocycles. The quantitative estimate of drug-likeness (QED) is 0.482. The molecule has 2 aromatic rings. The Bertz CT molecular complexity index is 974. The van der Waals surface area contributed by atoms with Crippen molar-refractivity contribution in [2.24, 2.45) is 0 Å². The van der Waals surface area contributed by atoms with Crippen LogP contribution in [0.15, 0.2) is 42.5 Å². The van der Waals surface area contributed by atoms with Crippen LogP contribution in [0.1, 0.15) is 18.1 Å². The topological polar surface area (TPSA) is 111 Å². The summed E-state index contributed by atoms with van der Waals surface area (Å²) >= 11 is 0. The van der Waals surface area contributed by atoms with E-state index in [4.69, 9.17) is 9.47 Å². The zero-order valence-electron chi connectivity index (χ0n) is 15.0. The number of imide groups is 1. The van der Waals surface area contributed by atoms with E-state index >= 15 is 0 Å². The van der Waals surface area contributed by atoms with Gasteiger partial charge in [-0.1, -0.05) is 18.2 Å². The molecule has 3 amide bonds. The van der Waals surface area contributed by atoms with Crippen LogP contribution in [0.25, 0.3) is 0 Å². The fourth-order valence-electron chi connectivity index (χ4n) is 3.38. The Morgan fingerprint density at radius 2 is 1.79 bits per heavy atom. The smallest absolute Gasteiger partial charge is 0.325 e. The zero-order valence-corrected chi connectivity index (χ0v) is 15.0. The number of nitrogens with zero attached hydrogens (tertiary/aromatic N) is 2. The molecule has 144 valence electrons. The maximum Gasteiger partial charge on any atom is 0.325 e. The number of non-ortho nitro benzene ring substituents is 1. The number of nitro groups is 1. The van der Waals surface area contributed by atoms with E-state index in [-0.39, 0.29) is 24.9 Å². The molecular formula is C19H17N3O6. The molecule has 2 heterocycles. The lowest BCUT2D eigenvalue weighted by Gasteiger charge is -2.22. The molecule has 0 spiro atoms. The Hall–Kier alpha value is -3.62. The Morgan fingerprint density at radius 1 is 1.11 bits per heavy atom. The van der Waals surface area contributed by atoms with Crippen molar-refractivity contribution < 1.29 is 24.0 Å². The van der Waals surface area contributed by atoms with Gasteiger partial charge >= 0.3 is 6.03 Å². The van der Waals surface area contributed by atoms with Crippen molar-refractivity contribution in [3.8, 4) is 11.5 Å². The van der Waals surface area contributed by atoms with Gasteiger partial charge in [0, 0.05) is 18.6 Å². The molecule has 1 atom stereocenters. The summed E-state index contributed by atoms with van der Waals surface area (Å²) in [6, 6.07) is 10.7. The highest BCUT2D eigenvalue weighted by molar-refractivity contribution is 6.06. The minimum Gasteiger partial charge on any atom is -0.454 e. The van der Waals surface area contributed by atoms with E-state index in [1.54, 1.807) is 19.1 Å². The van der Waals surface area contributed by atoms with Crippen molar-refractivity contribution in [3.63, 3.8) is 0 Å². The van der Waals surface area contributed by atoms with Crippen molar-refractivity contribution in [2.45, 2.75) is 25.4 Å². The number of nitrogens with one attached hydrogen (secondary N) is 1. The summed E-state index contributed by atoms with van der Waals surface area (Å²) in [5, 5.41) is 13.5. The van der Waals surface area contributed by atoms with Gasteiger partial charge in [-0.3, -0.25) is 19.8 Å². The Balaban J connectivity index is 1.50. The highest BCUT2D eigenvalue weighted by Crippen LogP contribution is 2.34. The summed E-state index contributed by atoms with van der Waals surface area (Å²) in [5.41, 5.74) is 0.318. The lowest BCUT2D eigenvalue weighted by molar-refractivity contribution is -0.384. The third kappa shape index (κ3) is 3.11. The molecule has 1 saturated heterocycles. The standard InChI is InChI=1S/C19H17N3O6/c1-19(9-13-4-7-15-16(8-13)28-11-27-15)17(23)21(18(24)20-19)10-12-2-5-14(6-3-12)22(25)26/h2-8H,9-11H2,1H3,(H,20,24)/t19-/m0/s1. The molecule has 0 aliphatic carbocycles. The summed E-state index contributed by atoms with van der Waals surface area (Å²) in [5.74, 6) is 0.907. The number of carbonyl (C=O) groups is 2. The molecular weight excluding hydrogens is 366 g/mol. The van der Waals surface area contributed by atoms with Crippen molar-refractivity contribution in [1.82, 2.24) is 10.2 Å². The van der Waals surface area contributed by atoms with E-state index in [1.165, 1.54) is 24.3 Å². The van der Waals surface area contributed by atoms with Crippen molar-refractivity contribution in [2.75, 3.05) is 6.79 Å². The lowest BCUT2D eigenvalue weighted by Crippen LogP contribution is -2.45. The number of rotatable bonds is 5. The second-order valence-electron chi connectivity index (χ2n) is 6.94. The number of urea groups is 1. The summed E-state index contributed by atoms with van der Waals surface area (Å²) < 4.78 is 10.6. The first kappa shape index (κ1) is 17.8. The average Bonchev–Trinajstić information content (AvgIpc) is 3.20. The normalized spacial score (nSPS) is 20.4. The fourth-order valence-corrected chi connectivity index (χ4v) is 3.38. The SMILES string of the molecule is C[C@@]1(Cc2ccc3c(c2)OCO3)NC(=O)N(Cc2ccc([N+](=O)[O-])cc2)C1=O. The van der Waals surface area contributed by atoms with Crippen LogP contribution >= 0.6 is 0 Å². The van der Waals surface area contributed by atoms with Gasteiger partial charge in [0.25, 0.3) is 11.6 Å². The molecule has 2 aliphatic heterocycles. The van der Waals surface area contributed by atoms with Gasteiger partial charge in [-0.05, 0) is 30.2 Å². The summed E-state index contributed by atoms with van der Waals surface area (Å²) in [6.45, 7) is 1.88. The predicted octanol–water partition coefficient (Wildman–Crippen LogP) is 2.38. The molecule has 0 aromatic heterocycles. The molecule has 0 unspecified atom stereocenters. The maximum atomic E-state index is 12.9. The molecule has 0 radical (unpaired) electrons. The van der Waals surface area contributed by atoms with E-state index in [9.17, 15) is 19.7 Å². The van der Waals surface area contributed by atoms with E-state index in [1.807, 2.05) is 6.07 Å². The van der Waals surface area contributed by atoms with Gasteiger partial charge in [0.05, 0.1) is 11.5 Å². The van der Waals surface area contributed by atoms with Crippen LogP contribution in [0, 0.1) is 10.1 Å². The molecule has 28 heavy (non-hydrogen) atoms. The van der Waals surface area contributed by atoms with Gasteiger partial charge in [-0.15, -0.1) is 0 Å². The van der Waals surface area contributed by atoms with Crippen LogP contribution in [0.4, 0.5) is 10.5 Å². The Kier molecular flexibility index (Phi) is 4.14. The largest absolute Gasteiger partial charge is 0.454 e. The first-order valence-corrected chi connectivity index (χ1v) is 8.62. The molecule has 2 aliphatic rings. The van der Waals surface area contributed by atoms with Crippen LogP contribution in [-0.4, -0.2) is 34.1 Å². The third-order valence-electron chi connectivity index (χ3n) is 4.83. The predicted molar refractivity (Wildman–Crippen MR) is 96.9 cm³/mol. The minimum absolute atomic E-state index is 0.0411. The highest BCUT2D eigenvalue weighted by atomic mass is 16.7. The zero-order chi connectivity index (χ0) is 19.9. The molecule has 0 bridgehead atoms. The number of ether oxygens (including phenoxy) is 2. The van der Waals surface area contributed by atoms with Crippen LogP contribution in [0.5, 0.6) is 11.5 Å².